The average molecular weight is 244 g/mol. The second-order valence-electron chi connectivity index (χ2n) is 4.82. The standard InChI is InChI=1S/C15H20N2O/c1-12(15-5-4-10-18-15)16-14-8-6-13(7-9-14)11-17(2)3/h4-10,12,16H,11H2,1-3H3. The van der Waals surface area contributed by atoms with Crippen molar-refractivity contribution in [1.29, 1.82) is 0 Å². The summed E-state index contributed by atoms with van der Waals surface area (Å²) in [5, 5.41) is 3.42. The van der Waals surface area contributed by atoms with Crippen LogP contribution in [0.15, 0.2) is 47.1 Å². The van der Waals surface area contributed by atoms with Gasteiger partial charge in [-0.1, -0.05) is 12.1 Å². The SMILES string of the molecule is CC(Nc1ccc(CN(C)C)cc1)c1ccco1. The summed E-state index contributed by atoms with van der Waals surface area (Å²) in [5.41, 5.74) is 2.43. The quantitative estimate of drug-likeness (QED) is 0.872. The number of furan rings is 1. The zero-order chi connectivity index (χ0) is 13.0. The maximum absolute atomic E-state index is 5.37. The largest absolute Gasteiger partial charge is 0.467 e. The van der Waals surface area contributed by atoms with E-state index in [9.17, 15) is 0 Å². The summed E-state index contributed by atoms with van der Waals surface area (Å²) < 4.78 is 5.37. The lowest BCUT2D eigenvalue weighted by atomic mass is 10.2. The molecule has 1 aromatic carbocycles. The first-order valence-electron chi connectivity index (χ1n) is 6.19. The molecule has 2 rings (SSSR count). The van der Waals surface area contributed by atoms with Crippen molar-refractivity contribution in [3.05, 3.63) is 54.0 Å². The Kier molecular flexibility index (Phi) is 4.05. The number of hydrogen-bond acceptors (Lipinski definition) is 3. The molecule has 0 aliphatic heterocycles. The smallest absolute Gasteiger partial charge is 0.125 e. The molecule has 18 heavy (non-hydrogen) atoms. The summed E-state index contributed by atoms with van der Waals surface area (Å²) in [6, 6.07) is 12.6. The summed E-state index contributed by atoms with van der Waals surface area (Å²) in [5.74, 6) is 0.951. The van der Waals surface area contributed by atoms with Crippen molar-refractivity contribution in [3.63, 3.8) is 0 Å². The van der Waals surface area contributed by atoms with Crippen molar-refractivity contribution in [2.45, 2.75) is 19.5 Å². The fourth-order valence-corrected chi connectivity index (χ4v) is 1.93. The van der Waals surface area contributed by atoms with E-state index in [0.29, 0.717) is 0 Å². The fraction of sp³-hybridized carbons (Fsp3) is 0.333. The van der Waals surface area contributed by atoms with E-state index >= 15 is 0 Å². The first-order chi connectivity index (χ1) is 8.65. The summed E-state index contributed by atoms with van der Waals surface area (Å²) in [4.78, 5) is 2.16. The minimum atomic E-state index is 0.180. The van der Waals surface area contributed by atoms with Gasteiger partial charge in [0.15, 0.2) is 0 Å². The van der Waals surface area contributed by atoms with Gasteiger partial charge in [-0.05, 0) is 50.8 Å². The van der Waals surface area contributed by atoms with E-state index in [1.807, 2.05) is 12.1 Å². The van der Waals surface area contributed by atoms with Crippen LogP contribution in [0.2, 0.25) is 0 Å². The molecule has 96 valence electrons. The van der Waals surface area contributed by atoms with Gasteiger partial charge in [-0.2, -0.15) is 0 Å². The Morgan fingerprint density at radius 2 is 1.89 bits per heavy atom. The van der Waals surface area contributed by atoms with Crippen LogP contribution in [0.4, 0.5) is 5.69 Å². The lowest BCUT2D eigenvalue weighted by molar-refractivity contribution is 0.402. The lowest BCUT2D eigenvalue weighted by Crippen LogP contribution is -2.10. The molecule has 3 heteroatoms. The van der Waals surface area contributed by atoms with Gasteiger partial charge < -0.3 is 14.6 Å². The van der Waals surface area contributed by atoms with Crippen LogP contribution < -0.4 is 5.32 Å². The number of nitrogens with zero attached hydrogens (tertiary/aromatic N) is 1. The first kappa shape index (κ1) is 12.7. The molecule has 2 aromatic rings. The van der Waals surface area contributed by atoms with Crippen LogP contribution in [0, 0.1) is 0 Å². The van der Waals surface area contributed by atoms with Gasteiger partial charge in [0.25, 0.3) is 0 Å². The number of nitrogens with one attached hydrogen (secondary N) is 1. The predicted octanol–water partition coefficient (Wildman–Crippen LogP) is 3.51. The number of anilines is 1. The molecule has 0 saturated heterocycles. The molecule has 0 radical (unpaired) electrons. The number of benzene rings is 1. The highest BCUT2D eigenvalue weighted by molar-refractivity contribution is 5.46. The molecule has 0 fully saturated rings. The summed E-state index contributed by atoms with van der Waals surface area (Å²) in [7, 11) is 4.15. The Balaban J connectivity index is 1.98. The Morgan fingerprint density at radius 1 is 1.17 bits per heavy atom. The molecule has 0 spiro atoms. The van der Waals surface area contributed by atoms with E-state index in [-0.39, 0.29) is 6.04 Å². The van der Waals surface area contributed by atoms with Crippen molar-refractivity contribution in [1.82, 2.24) is 4.90 Å². The molecule has 1 unspecified atom stereocenters. The molecule has 0 saturated carbocycles. The van der Waals surface area contributed by atoms with Gasteiger partial charge in [0.2, 0.25) is 0 Å². The summed E-state index contributed by atoms with van der Waals surface area (Å²) in [6.07, 6.45) is 1.70. The molecule has 1 N–H and O–H groups in total. The van der Waals surface area contributed by atoms with E-state index < -0.39 is 0 Å². The molecular formula is C15H20N2O. The first-order valence-corrected chi connectivity index (χ1v) is 6.19. The van der Waals surface area contributed by atoms with Crippen LogP contribution >= 0.6 is 0 Å². The van der Waals surface area contributed by atoms with Crippen molar-refractivity contribution in [3.8, 4) is 0 Å². The molecule has 3 nitrogen and oxygen atoms in total. The van der Waals surface area contributed by atoms with E-state index in [1.165, 1.54) is 5.56 Å². The van der Waals surface area contributed by atoms with E-state index in [4.69, 9.17) is 4.42 Å². The second kappa shape index (κ2) is 5.74. The van der Waals surface area contributed by atoms with Crippen LogP contribution in [0.1, 0.15) is 24.3 Å². The molecule has 0 aliphatic carbocycles. The van der Waals surface area contributed by atoms with Gasteiger partial charge in [-0.3, -0.25) is 0 Å². The average Bonchev–Trinajstić information content (AvgIpc) is 2.84. The third-order valence-electron chi connectivity index (χ3n) is 2.81. The number of hydrogen-bond donors (Lipinski definition) is 1. The molecule has 1 aromatic heterocycles. The van der Waals surface area contributed by atoms with Gasteiger partial charge in [-0.25, -0.2) is 0 Å². The monoisotopic (exact) mass is 244 g/mol. The van der Waals surface area contributed by atoms with Crippen LogP contribution in [0.3, 0.4) is 0 Å². The molecular weight excluding hydrogens is 224 g/mol. The van der Waals surface area contributed by atoms with Crippen molar-refractivity contribution >= 4 is 5.69 Å². The predicted molar refractivity (Wildman–Crippen MR) is 74.6 cm³/mol. The van der Waals surface area contributed by atoms with E-state index in [0.717, 1.165) is 18.0 Å². The lowest BCUT2D eigenvalue weighted by Gasteiger charge is -2.14. The molecule has 1 atom stereocenters. The highest BCUT2D eigenvalue weighted by Crippen LogP contribution is 2.19. The van der Waals surface area contributed by atoms with Crippen LogP contribution in [0.5, 0.6) is 0 Å². The molecule has 0 amide bonds. The normalized spacial score (nSPS) is 12.7. The van der Waals surface area contributed by atoms with Gasteiger partial charge >= 0.3 is 0 Å². The highest BCUT2D eigenvalue weighted by atomic mass is 16.3. The Hall–Kier alpha value is -1.74. The van der Waals surface area contributed by atoms with Gasteiger partial charge in [0.1, 0.15) is 5.76 Å². The fourth-order valence-electron chi connectivity index (χ4n) is 1.93. The summed E-state index contributed by atoms with van der Waals surface area (Å²) >= 11 is 0. The Morgan fingerprint density at radius 3 is 2.44 bits per heavy atom. The highest BCUT2D eigenvalue weighted by Gasteiger charge is 2.07. The summed E-state index contributed by atoms with van der Waals surface area (Å²) in [6.45, 7) is 3.06. The minimum Gasteiger partial charge on any atom is -0.467 e. The van der Waals surface area contributed by atoms with E-state index in [2.05, 4.69) is 55.5 Å². The Bertz CT molecular complexity index is 460. The van der Waals surface area contributed by atoms with Crippen LogP contribution in [-0.2, 0) is 6.54 Å². The van der Waals surface area contributed by atoms with Gasteiger partial charge in [0, 0.05) is 12.2 Å². The van der Waals surface area contributed by atoms with Crippen molar-refractivity contribution in [2.24, 2.45) is 0 Å². The third kappa shape index (κ3) is 3.37. The maximum atomic E-state index is 5.37. The van der Waals surface area contributed by atoms with Crippen molar-refractivity contribution in [2.75, 3.05) is 19.4 Å². The topological polar surface area (TPSA) is 28.4 Å². The third-order valence-corrected chi connectivity index (χ3v) is 2.81. The maximum Gasteiger partial charge on any atom is 0.125 e. The molecule has 0 bridgehead atoms. The Labute approximate surface area is 108 Å². The van der Waals surface area contributed by atoms with Crippen LogP contribution in [-0.4, -0.2) is 19.0 Å². The number of rotatable bonds is 5. The van der Waals surface area contributed by atoms with Crippen LogP contribution in [0.25, 0.3) is 0 Å². The van der Waals surface area contributed by atoms with Crippen molar-refractivity contribution < 1.29 is 4.42 Å². The van der Waals surface area contributed by atoms with E-state index in [1.54, 1.807) is 6.26 Å². The molecule has 0 aliphatic rings. The second-order valence-corrected chi connectivity index (χ2v) is 4.82. The minimum absolute atomic E-state index is 0.180. The zero-order valence-corrected chi connectivity index (χ0v) is 11.2. The van der Waals surface area contributed by atoms with Gasteiger partial charge in [-0.15, -0.1) is 0 Å². The zero-order valence-electron chi connectivity index (χ0n) is 11.2. The van der Waals surface area contributed by atoms with Gasteiger partial charge in [0.05, 0.1) is 12.3 Å². The molecule has 1 heterocycles.